The zero-order chi connectivity index (χ0) is 7.90. The first-order valence-electron chi connectivity index (χ1n) is 4.61. The average Bonchev–Trinajstić information content (AvgIpc) is 1.92. The zero-order valence-corrected chi connectivity index (χ0v) is 9.30. The van der Waals surface area contributed by atoms with E-state index in [0.717, 1.165) is 11.3 Å². The highest BCUT2D eigenvalue weighted by Crippen LogP contribution is 2.46. The zero-order valence-electron chi connectivity index (χ0n) is 7.15. The quantitative estimate of drug-likeness (QED) is 0.481. The summed E-state index contributed by atoms with van der Waals surface area (Å²) in [7, 11) is 0. The fourth-order valence-electron chi connectivity index (χ4n) is 2.37. The van der Waals surface area contributed by atoms with Crippen LogP contribution in [0, 0.1) is 11.3 Å². The van der Waals surface area contributed by atoms with Crippen LogP contribution in [0.5, 0.6) is 0 Å². The smallest absolute Gasteiger partial charge is 0.0201 e. The lowest BCUT2D eigenvalue weighted by atomic mass is 9.67. The molecular formula is C9H16IN. The van der Waals surface area contributed by atoms with Gasteiger partial charge in [-0.3, -0.25) is 0 Å². The van der Waals surface area contributed by atoms with Crippen LogP contribution in [-0.2, 0) is 0 Å². The summed E-state index contributed by atoms with van der Waals surface area (Å²) in [6, 6.07) is 0. The molecule has 64 valence electrons. The number of halogens is 1. The van der Waals surface area contributed by atoms with Crippen LogP contribution in [0.3, 0.4) is 0 Å². The van der Waals surface area contributed by atoms with E-state index in [0.29, 0.717) is 0 Å². The third-order valence-electron chi connectivity index (χ3n) is 3.35. The Morgan fingerprint density at radius 1 is 1.27 bits per heavy atom. The topological polar surface area (TPSA) is 3.24 Å². The van der Waals surface area contributed by atoms with Crippen molar-refractivity contribution in [3.63, 3.8) is 0 Å². The van der Waals surface area contributed by atoms with Crippen molar-refractivity contribution in [3.8, 4) is 0 Å². The van der Waals surface area contributed by atoms with E-state index in [1.807, 2.05) is 0 Å². The molecule has 1 nitrogen and oxygen atoms in total. The fourth-order valence-corrected chi connectivity index (χ4v) is 3.82. The lowest BCUT2D eigenvalue weighted by Gasteiger charge is -2.50. The maximum atomic E-state index is 2.44. The van der Waals surface area contributed by atoms with E-state index in [1.54, 1.807) is 0 Å². The van der Waals surface area contributed by atoms with E-state index >= 15 is 0 Å². The molecule has 1 spiro atoms. The van der Waals surface area contributed by atoms with Gasteiger partial charge in [0, 0.05) is 36.0 Å². The number of rotatable bonds is 0. The summed E-state index contributed by atoms with van der Waals surface area (Å²) >= 11 is 2.44. The van der Waals surface area contributed by atoms with E-state index in [4.69, 9.17) is 0 Å². The summed E-state index contributed by atoms with van der Waals surface area (Å²) in [6.45, 7) is 5.12. The highest BCUT2D eigenvalue weighted by molar-refractivity contribution is 14.1. The predicted octanol–water partition coefficient (Wildman–Crippen LogP) is 2.85. The SMILES string of the molecule is CC1CCC2(CC1)CN(I)C2. The van der Waals surface area contributed by atoms with Gasteiger partial charge >= 0.3 is 0 Å². The molecule has 0 atom stereocenters. The fraction of sp³-hybridized carbons (Fsp3) is 1.00. The second-order valence-corrected chi connectivity index (χ2v) is 5.83. The molecule has 0 aromatic heterocycles. The molecule has 0 radical (unpaired) electrons. The normalized spacial score (nSPS) is 32.2. The van der Waals surface area contributed by atoms with Gasteiger partial charge in [0.1, 0.15) is 0 Å². The molecule has 11 heavy (non-hydrogen) atoms. The highest BCUT2D eigenvalue weighted by Gasteiger charge is 2.43. The van der Waals surface area contributed by atoms with Crippen molar-refractivity contribution in [1.29, 1.82) is 0 Å². The van der Waals surface area contributed by atoms with Gasteiger partial charge in [-0.2, -0.15) is 0 Å². The lowest BCUT2D eigenvalue weighted by molar-refractivity contribution is 0.0360. The van der Waals surface area contributed by atoms with Crippen molar-refractivity contribution in [2.75, 3.05) is 13.1 Å². The number of hydrogen-bond donors (Lipinski definition) is 0. The largest absolute Gasteiger partial charge is 0.246 e. The van der Waals surface area contributed by atoms with Gasteiger partial charge in [0.05, 0.1) is 0 Å². The molecule has 2 heteroatoms. The molecule has 2 aliphatic rings. The lowest BCUT2D eigenvalue weighted by Crippen LogP contribution is -2.52. The van der Waals surface area contributed by atoms with Crippen LogP contribution >= 0.6 is 22.9 Å². The number of nitrogens with zero attached hydrogens (tertiary/aromatic N) is 1. The Morgan fingerprint density at radius 3 is 2.27 bits per heavy atom. The molecule has 0 unspecified atom stereocenters. The molecule has 2 rings (SSSR count). The van der Waals surface area contributed by atoms with Gasteiger partial charge in [-0.1, -0.05) is 19.8 Å². The van der Waals surface area contributed by atoms with Crippen LogP contribution in [0.15, 0.2) is 0 Å². The van der Waals surface area contributed by atoms with Crippen molar-refractivity contribution in [3.05, 3.63) is 0 Å². The summed E-state index contributed by atoms with van der Waals surface area (Å²) in [6.07, 6.45) is 5.94. The molecule has 1 heterocycles. The average molecular weight is 265 g/mol. The second kappa shape index (κ2) is 2.87. The van der Waals surface area contributed by atoms with Gasteiger partial charge in [0.25, 0.3) is 0 Å². The molecule has 0 aromatic rings. The Balaban J connectivity index is 1.88. The minimum atomic E-state index is 0.772. The third-order valence-corrected chi connectivity index (χ3v) is 4.03. The molecule has 1 saturated carbocycles. The Morgan fingerprint density at radius 2 is 1.82 bits per heavy atom. The minimum absolute atomic E-state index is 0.772. The number of hydrogen-bond acceptors (Lipinski definition) is 1. The van der Waals surface area contributed by atoms with Crippen LogP contribution in [0.25, 0.3) is 0 Å². The van der Waals surface area contributed by atoms with Gasteiger partial charge in [0.15, 0.2) is 0 Å². The first-order chi connectivity index (χ1) is 5.20. The van der Waals surface area contributed by atoms with E-state index < -0.39 is 0 Å². The molecule has 1 saturated heterocycles. The van der Waals surface area contributed by atoms with Gasteiger partial charge in [-0.15, -0.1) is 0 Å². The van der Waals surface area contributed by atoms with Gasteiger partial charge in [0.2, 0.25) is 0 Å². The van der Waals surface area contributed by atoms with Crippen LogP contribution < -0.4 is 0 Å². The molecule has 1 aliphatic carbocycles. The van der Waals surface area contributed by atoms with Crippen LogP contribution in [0.1, 0.15) is 32.6 Å². The first kappa shape index (κ1) is 8.30. The molecular weight excluding hydrogens is 249 g/mol. The Kier molecular flexibility index (Phi) is 2.17. The van der Waals surface area contributed by atoms with E-state index in [-0.39, 0.29) is 0 Å². The third kappa shape index (κ3) is 1.57. The van der Waals surface area contributed by atoms with E-state index in [9.17, 15) is 0 Å². The second-order valence-electron chi connectivity index (χ2n) is 4.46. The molecule has 1 aliphatic heterocycles. The maximum absolute atomic E-state index is 2.44. The van der Waals surface area contributed by atoms with E-state index in [2.05, 4.69) is 32.9 Å². The van der Waals surface area contributed by atoms with Gasteiger partial charge < -0.3 is 0 Å². The standard InChI is InChI=1S/C9H16IN/c1-8-2-4-9(5-3-8)6-11(10)7-9/h8H,2-7H2,1H3. The van der Waals surface area contributed by atoms with Crippen molar-refractivity contribution in [2.45, 2.75) is 32.6 Å². The molecule has 0 N–H and O–H groups in total. The van der Waals surface area contributed by atoms with Crippen LogP contribution in [0.4, 0.5) is 0 Å². The monoisotopic (exact) mass is 265 g/mol. The predicted molar refractivity (Wildman–Crippen MR) is 55.7 cm³/mol. The molecule has 0 aromatic carbocycles. The van der Waals surface area contributed by atoms with Crippen LogP contribution in [-0.4, -0.2) is 16.2 Å². The van der Waals surface area contributed by atoms with Crippen molar-refractivity contribution in [2.24, 2.45) is 11.3 Å². The van der Waals surface area contributed by atoms with Gasteiger partial charge in [-0.25, -0.2) is 3.11 Å². The Bertz CT molecular complexity index is 142. The summed E-state index contributed by atoms with van der Waals surface area (Å²) in [5, 5.41) is 0. The summed E-state index contributed by atoms with van der Waals surface area (Å²) in [4.78, 5) is 0. The Labute approximate surface area is 83.0 Å². The van der Waals surface area contributed by atoms with E-state index in [1.165, 1.54) is 38.8 Å². The molecule has 0 bridgehead atoms. The molecule has 0 amide bonds. The van der Waals surface area contributed by atoms with Crippen LogP contribution in [0.2, 0.25) is 0 Å². The van der Waals surface area contributed by atoms with Gasteiger partial charge in [-0.05, 0) is 24.2 Å². The van der Waals surface area contributed by atoms with Crippen molar-refractivity contribution in [1.82, 2.24) is 3.11 Å². The minimum Gasteiger partial charge on any atom is -0.246 e. The Hall–Kier alpha value is 0.690. The summed E-state index contributed by atoms with van der Waals surface area (Å²) in [5.41, 5.74) is 0.772. The highest BCUT2D eigenvalue weighted by atomic mass is 127. The molecule has 2 fully saturated rings. The van der Waals surface area contributed by atoms with Crippen molar-refractivity contribution >= 4 is 22.9 Å². The summed E-state index contributed by atoms with van der Waals surface area (Å²) < 4.78 is 2.42. The van der Waals surface area contributed by atoms with Crippen molar-refractivity contribution < 1.29 is 0 Å². The summed E-state index contributed by atoms with van der Waals surface area (Å²) in [5.74, 6) is 1.00. The first-order valence-corrected chi connectivity index (χ1v) is 5.57. The maximum Gasteiger partial charge on any atom is 0.0201 e.